The molecule has 0 aliphatic rings. The highest BCUT2D eigenvalue weighted by molar-refractivity contribution is 8.00. The van der Waals surface area contributed by atoms with Crippen molar-refractivity contribution >= 4 is 28.8 Å². The van der Waals surface area contributed by atoms with Crippen LogP contribution < -0.4 is 5.73 Å². The first-order valence-corrected chi connectivity index (χ1v) is 7.17. The van der Waals surface area contributed by atoms with Crippen LogP contribution in [-0.2, 0) is 4.79 Å². The summed E-state index contributed by atoms with van der Waals surface area (Å²) in [4.78, 5) is 27.0. The summed E-state index contributed by atoms with van der Waals surface area (Å²) in [6.07, 6.45) is 2.91. The van der Waals surface area contributed by atoms with Gasteiger partial charge in [-0.25, -0.2) is 15.0 Å². The topological polar surface area (TPSA) is 121 Å². The summed E-state index contributed by atoms with van der Waals surface area (Å²) in [7, 11) is 0. The van der Waals surface area contributed by atoms with Crippen LogP contribution in [0, 0.1) is 11.3 Å². The number of primary amides is 1. The van der Waals surface area contributed by atoms with Gasteiger partial charge in [0.25, 0.3) is 0 Å². The average Bonchev–Trinajstić information content (AvgIpc) is 3.02. The first-order chi connectivity index (χ1) is 10.7. The van der Waals surface area contributed by atoms with Crippen molar-refractivity contribution in [1.82, 2.24) is 19.9 Å². The maximum Gasteiger partial charge on any atom is 0.235 e. The van der Waals surface area contributed by atoms with E-state index >= 15 is 0 Å². The molecule has 22 heavy (non-hydrogen) atoms. The van der Waals surface area contributed by atoms with Gasteiger partial charge in [0.1, 0.15) is 22.1 Å². The van der Waals surface area contributed by atoms with E-state index in [1.807, 2.05) is 6.07 Å². The molecule has 0 saturated heterocycles. The maximum absolute atomic E-state index is 11.8. The molecule has 3 aromatic rings. The molecule has 3 N–H and O–H groups in total. The summed E-state index contributed by atoms with van der Waals surface area (Å²) in [5.41, 5.74) is 7.93. The number of H-pyrrole nitrogens is 1. The molecule has 1 atom stereocenters. The largest absolute Gasteiger partial charge is 0.368 e. The number of thioether (sulfide) groups is 1. The molecule has 7 nitrogen and oxygen atoms in total. The van der Waals surface area contributed by atoms with Crippen LogP contribution >= 0.6 is 11.8 Å². The van der Waals surface area contributed by atoms with Gasteiger partial charge in [-0.1, -0.05) is 23.9 Å². The summed E-state index contributed by atoms with van der Waals surface area (Å²) in [6, 6.07) is 8.77. The maximum atomic E-state index is 11.8. The van der Waals surface area contributed by atoms with Crippen molar-refractivity contribution in [2.24, 2.45) is 5.73 Å². The van der Waals surface area contributed by atoms with Gasteiger partial charge < -0.3 is 10.7 Å². The van der Waals surface area contributed by atoms with Crippen molar-refractivity contribution in [2.75, 3.05) is 0 Å². The Morgan fingerprint density at radius 3 is 2.73 bits per heavy atom. The Morgan fingerprint density at radius 2 is 2.05 bits per heavy atom. The highest BCUT2D eigenvalue weighted by atomic mass is 32.2. The van der Waals surface area contributed by atoms with Crippen molar-refractivity contribution in [3.8, 4) is 6.07 Å². The molecule has 0 aliphatic heterocycles. The number of nitriles is 1. The lowest BCUT2D eigenvalue weighted by Gasteiger charge is -2.13. The van der Waals surface area contributed by atoms with Gasteiger partial charge in [0.15, 0.2) is 5.65 Å². The fraction of sp³-hybridized carbons (Fsp3) is 0.0714. The van der Waals surface area contributed by atoms with Gasteiger partial charge >= 0.3 is 0 Å². The molecule has 0 bridgehead atoms. The molecule has 0 radical (unpaired) electrons. The standard InChI is InChI=1S/C14H10N6OS/c15-5-8-1-3-9(4-2-8)11(12(16)21)22-14-10-13(18-6-17-10)19-7-20-14/h1-4,6-7,11H,(H2,16,21)(H,17,18,19,20). The van der Waals surface area contributed by atoms with E-state index < -0.39 is 11.2 Å². The predicted octanol–water partition coefficient (Wildman–Crippen LogP) is 1.54. The van der Waals surface area contributed by atoms with E-state index in [4.69, 9.17) is 11.0 Å². The van der Waals surface area contributed by atoms with Crippen LogP contribution in [0.25, 0.3) is 11.2 Å². The number of carbonyl (C=O) groups excluding carboxylic acids is 1. The van der Waals surface area contributed by atoms with E-state index in [9.17, 15) is 4.79 Å². The fourth-order valence-corrected chi connectivity index (χ4v) is 2.98. The van der Waals surface area contributed by atoms with Crippen LogP contribution in [0.2, 0.25) is 0 Å². The number of fused-ring (bicyclic) bond motifs is 1. The van der Waals surface area contributed by atoms with Gasteiger partial charge in [-0.15, -0.1) is 0 Å². The minimum Gasteiger partial charge on any atom is -0.368 e. The minimum absolute atomic E-state index is 0.485. The molecule has 0 saturated carbocycles. The number of nitrogens with two attached hydrogens (primary N) is 1. The number of hydrogen-bond donors (Lipinski definition) is 2. The molecule has 1 unspecified atom stereocenters. The van der Waals surface area contributed by atoms with Gasteiger partial charge in [0, 0.05) is 0 Å². The number of benzene rings is 1. The van der Waals surface area contributed by atoms with Crippen LogP contribution in [-0.4, -0.2) is 25.8 Å². The third-order valence-corrected chi connectivity index (χ3v) is 4.29. The van der Waals surface area contributed by atoms with Gasteiger partial charge in [-0.2, -0.15) is 5.26 Å². The summed E-state index contributed by atoms with van der Waals surface area (Å²) in [5.74, 6) is -0.485. The zero-order chi connectivity index (χ0) is 15.5. The molecule has 0 fully saturated rings. The quantitative estimate of drug-likeness (QED) is 0.557. The number of nitrogens with one attached hydrogen (secondary N) is 1. The Kier molecular flexibility index (Phi) is 3.72. The lowest BCUT2D eigenvalue weighted by Crippen LogP contribution is -2.19. The normalized spacial score (nSPS) is 12.0. The SMILES string of the molecule is N#Cc1ccc(C(Sc2ncnc3nc[nH]c23)C(N)=O)cc1. The highest BCUT2D eigenvalue weighted by Crippen LogP contribution is 2.36. The fourth-order valence-electron chi connectivity index (χ4n) is 1.97. The summed E-state index contributed by atoms with van der Waals surface area (Å²) in [5, 5.41) is 8.81. The second-order valence-electron chi connectivity index (χ2n) is 4.41. The molecule has 108 valence electrons. The minimum atomic E-state index is -0.617. The lowest BCUT2D eigenvalue weighted by atomic mass is 10.1. The molecule has 0 spiro atoms. The third kappa shape index (κ3) is 2.62. The number of amides is 1. The van der Waals surface area contributed by atoms with E-state index in [0.29, 0.717) is 27.3 Å². The Bertz CT molecular complexity index is 867. The molecule has 1 aromatic carbocycles. The van der Waals surface area contributed by atoms with Crippen LogP contribution in [0.1, 0.15) is 16.4 Å². The van der Waals surface area contributed by atoms with E-state index in [2.05, 4.69) is 19.9 Å². The number of aromatic nitrogens is 4. The molecule has 2 heterocycles. The van der Waals surface area contributed by atoms with Crippen molar-refractivity contribution in [3.05, 3.63) is 48.0 Å². The summed E-state index contributed by atoms with van der Waals surface area (Å²) >= 11 is 1.22. The first kappa shape index (κ1) is 14.0. The molecular weight excluding hydrogens is 300 g/mol. The van der Waals surface area contributed by atoms with Crippen molar-refractivity contribution < 1.29 is 4.79 Å². The van der Waals surface area contributed by atoms with Crippen LogP contribution in [0.4, 0.5) is 0 Å². The van der Waals surface area contributed by atoms with Crippen molar-refractivity contribution in [2.45, 2.75) is 10.3 Å². The van der Waals surface area contributed by atoms with Gasteiger partial charge in [0.2, 0.25) is 5.91 Å². The van der Waals surface area contributed by atoms with E-state index in [0.717, 1.165) is 0 Å². The van der Waals surface area contributed by atoms with Crippen molar-refractivity contribution in [1.29, 1.82) is 5.26 Å². The Hall–Kier alpha value is -2.92. The summed E-state index contributed by atoms with van der Waals surface area (Å²) < 4.78 is 0. The zero-order valence-electron chi connectivity index (χ0n) is 11.2. The monoisotopic (exact) mass is 310 g/mol. The molecule has 8 heteroatoms. The highest BCUT2D eigenvalue weighted by Gasteiger charge is 2.22. The van der Waals surface area contributed by atoms with Crippen LogP contribution in [0.3, 0.4) is 0 Å². The van der Waals surface area contributed by atoms with Gasteiger partial charge in [-0.05, 0) is 17.7 Å². The molecule has 0 aliphatic carbocycles. The number of nitrogens with zero attached hydrogens (tertiary/aromatic N) is 4. The van der Waals surface area contributed by atoms with E-state index in [-0.39, 0.29) is 0 Å². The summed E-state index contributed by atoms with van der Waals surface area (Å²) in [6.45, 7) is 0. The molecule has 2 aromatic heterocycles. The molecule has 3 rings (SSSR count). The second kappa shape index (κ2) is 5.83. The van der Waals surface area contributed by atoms with Crippen molar-refractivity contribution in [3.63, 3.8) is 0 Å². The third-order valence-electron chi connectivity index (χ3n) is 3.02. The lowest BCUT2D eigenvalue weighted by molar-refractivity contribution is -0.117. The second-order valence-corrected chi connectivity index (χ2v) is 5.51. The first-order valence-electron chi connectivity index (χ1n) is 6.29. The van der Waals surface area contributed by atoms with Gasteiger partial charge in [0.05, 0.1) is 18.0 Å². The van der Waals surface area contributed by atoms with Gasteiger partial charge in [-0.3, -0.25) is 4.79 Å². The molecular formula is C14H10N6OS. The number of imidazole rings is 1. The molecule has 1 amide bonds. The van der Waals surface area contributed by atoms with Crippen LogP contribution in [0.5, 0.6) is 0 Å². The zero-order valence-corrected chi connectivity index (χ0v) is 12.0. The number of carbonyl (C=O) groups is 1. The van der Waals surface area contributed by atoms with E-state index in [1.54, 1.807) is 24.3 Å². The number of rotatable bonds is 4. The smallest absolute Gasteiger partial charge is 0.235 e. The predicted molar refractivity (Wildman–Crippen MR) is 80.6 cm³/mol. The Labute approximate surface area is 129 Å². The number of hydrogen-bond acceptors (Lipinski definition) is 6. The van der Waals surface area contributed by atoms with E-state index in [1.165, 1.54) is 24.4 Å². The van der Waals surface area contributed by atoms with Crippen LogP contribution in [0.15, 0.2) is 41.9 Å². The Balaban J connectivity index is 1.96. The Morgan fingerprint density at radius 1 is 1.27 bits per heavy atom. The average molecular weight is 310 g/mol. The number of aromatic amines is 1.